The van der Waals surface area contributed by atoms with E-state index in [9.17, 15) is 9.59 Å². The van der Waals surface area contributed by atoms with Gasteiger partial charge in [0.25, 0.3) is 5.91 Å². The summed E-state index contributed by atoms with van der Waals surface area (Å²) in [6, 6.07) is 8.41. The number of ether oxygens (including phenoxy) is 1. The van der Waals surface area contributed by atoms with E-state index >= 15 is 0 Å². The van der Waals surface area contributed by atoms with Gasteiger partial charge in [-0.25, -0.2) is 4.79 Å². The number of thiophene rings is 1. The lowest BCUT2D eigenvalue weighted by molar-refractivity contribution is -0.907. The number of rotatable bonds is 5. The van der Waals surface area contributed by atoms with Crippen molar-refractivity contribution in [3.8, 4) is 0 Å². The third-order valence-electron chi connectivity index (χ3n) is 4.84. The Morgan fingerprint density at radius 2 is 1.96 bits per heavy atom. The molecule has 3 rings (SSSR count). The molecule has 2 N–H and O–H groups in total. The van der Waals surface area contributed by atoms with Gasteiger partial charge >= 0.3 is 5.97 Å². The van der Waals surface area contributed by atoms with Crippen LogP contribution in [0.5, 0.6) is 0 Å². The Morgan fingerprint density at radius 3 is 2.69 bits per heavy atom. The van der Waals surface area contributed by atoms with Crippen molar-refractivity contribution in [2.24, 2.45) is 0 Å². The minimum atomic E-state index is -0.371. The summed E-state index contributed by atoms with van der Waals surface area (Å²) in [5.74, 6) is -0.435. The Balaban J connectivity index is 1.68. The second-order valence-corrected chi connectivity index (χ2v) is 7.85. The van der Waals surface area contributed by atoms with Gasteiger partial charge in [0.1, 0.15) is 11.5 Å². The van der Waals surface area contributed by atoms with Crippen LogP contribution in [0.2, 0.25) is 0 Å². The van der Waals surface area contributed by atoms with E-state index in [0.29, 0.717) is 23.7 Å². The molecule has 0 fully saturated rings. The normalized spacial score (nSPS) is 16.0. The summed E-state index contributed by atoms with van der Waals surface area (Å²) < 4.78 is 5.14. The van der Waals surface area contributed by atoms with E-state index in [1.54, 1.807) is 6.92 Å². The zero-order chi connectivity index (χ0) is 18.7. The Kier molecular flexibility index (Phi) is 5.74. The van der Waals surface area contributed by atoms with Crippen LogP contribution in [0, 0.1) is 13.8 Å². The number of hydrogen-bond donors (Lipinski definition) is 2. The molecule has 0 saturated carbocycles. The highest BCUT2D eigenvalue weighted by atomic mass is 32.1. The van der Waals surface area contributed by atoms with Crippen molar-refractivity contribution in [1.82, 2.24) is 0 Å². The molecule has 138 valence electrons. The Morgan fingerprint density at radius 1 is 1.23 bits per heavy atom. The maximum absolute atomic E-state index is 12.6. The molecule has 26 heavy (non-hydrogen) atoms. The maximum atomic E-state index is 12.6. The average Bonchev–Trinajstić information content (AvgIpc) is 2.88. The molecule has 0 saturated heterocycles. The third-order valence-corrected chi connectivity index (χ3v) is 5.96. The van der Waals surface area contributed by atoms with E-state index in [0.717, 1.165) is 30.0 Å². The van der Waals surface area contributed by atoms with Crippen LogP contribution in [0.4, 0.5) is 5.00 Å². The van der Waals surface area contributed by atoms with Gasteiger partial charge in [0.2, 0.25) is 0 Å². The molecule has 1 unspecified atom stereocenters. The minimum Gasteiger partial charge on any atom is -0.462 e. The van der Waals surface area contributed by atoms with Crippen LogP contribution in [0.1, 0.15) is 38.8 Å². The van der Waals surface area contributed by atoms with E-state index in [2.05, 4.69) is 23.5 Å². The molecule has 0 bridgehead atoms. The first kappa shape index (κ1) is 18.6. The van der Waals surface area contributed by atoms with E-state index in [1.165, 1.54) is 27.4 Å². The monoisotopic (exact) mass is 373 g/mol. The smallest absolute Gasteiger partial charge is 0.341 e. The molecule has 0 radical (unpaired) electrons. The molecule has 0 aliphatic carbocycles. The van der Waals surface area contributed by atoms with Gasteiger partial charge in [-0.05, 0) is 31.9 Å². The molecular formula is C20H25N2O3S+. The van der Waals surface area contributed by atoms with Crippen molar-refractivity contribution in [2.45, 2.75) is 33.7 Å². The quantitative estimate of drug-likeness (QED) is 0.790. The van der Waals surface area contributed by atoms with Crippen molar-refractivity contribution in [1.29, 1.82) is 0 Å². The van der Waals surface area contributed by atoms with Gasteiger partial charge in [0.15, 0.2) is 6.54 Å². The fourth-order valence-corrected chi connectivity index (χ4v) is 4.42. The van der Waals surface area contributed by atoms with Crippen LogP contribution in [0.15, 0.2) is 24.3 Å². The summed E-state index contributed by atoms with van der Waals surface area (Å²) in [6.45, 7) is 8.13. The fourth-order valence-electron chi connectivity index (χ4n) is 3.36. The predicted octanol–water partition coefficient (Wildman–Crippen LogP) is 2.12. The standard InChI is InChI=1S/C20H24N2O3S/c1-4-25-20(24)18-13(2)14(3)26-19(18)21-17(23)12-22-10-9-15-7-5-6-8-16(15)11-22/h5-8H,4,9-12H2,1-3H3,(H,21,23)/p+1. The topological polar surface area (TPSA) is 59.8 Å². The number of carbonyl (C=O) groups is 2. The highest BCUT2D eigenvalue weighted by Crippen LogP contribution is 2.32. The summed E-state index contributed by atoms with van der Waals surface area (Å²) in [5, 5.41) is 3.54. The first-order valence-corrected chi connectivity index (χ1v) is 9.78. The van der Waals surface area contributed by atoms with Crippen LogP contribution < -0.4 is 10.2 Å². The van der Waals surface area contributed by atoms with E-state index < -0.39 is 0 Å². The average molecular weight is 373 g/mol. The van der Waals surface area contributed by atoms with Gasteiger partial charge in [-0.15, -0.1) is 11.3 Å². The van der Waals surface area contributed by atoms with Gasteiger partial charge < -0.3 is 15.0 Å². The van der Waals surface area contributed by atoms with Crippen molar-refractivity contribution >= 4 is 28.2 Å². The van der Waals surface area contributed by atoms with Gasteiger partial charge in [-0.1, -0.05) is 24.3 Å². The van der Waals surface area contributed by atoms with Gasteiger partial charge in [0.05, 0.1) is 18.7 Å². The van der Waals surface area contributed by atoms with Crippen LogP contribution in [0.25, 0.3) is 0 Å². The van der Waals surface area contributed by atoms with Crippen molar-refractivity contribution < 1.29 is 19.2 Å². The molecule has 1 aromatic carbocycles. The highest BCUT2D eigenvalue weighted by Gasteiger charge is 2.25. The van der Waals surface area contributed by atoms with Crippen LogP contribution >= 0.6 is 11.3 Å². The summed E-state index contributed by atoms with van der Waals surface area (Å²) in [7, 11) is 0. The zero-order valence-electron chi connectivity index (χ0n) is 15.5. The van der Waals surface area contributed by atoms with Crippen LogP contribution in [-0.2, 0) is 22.5 Å². The predicted molar refractivity (Wildman–Crippen MR) is 103 cm³/mol. The van der Waals surface area contributed by atoms with Crippen molar-refractivity contribution in [3.05, 3.63) is 51.4 Å². The fraction of sp³-hybridized carbons (Fsp3) is 0.400. The van der Waals surface area contributed by atoms with Crippen LogP contribution in [-0.4, -0.2) is 31.6 Å². The molecule has 2 aromatic rings. The molecule has 1 aliphatic heterocycles. The Labute approximate surface area is 158 Å². The zero-order valence-corrected chi connectivity index (χ0v) is 16.3. The number of nitrogens with one attached hydrogen (secondary N) is 2. The van der Waals surface area contributed by atoms with E-state index in [1.807, 2.05) is 19.9 Å². The van der Waals surface area contributed by atoms with E-state index in [4.69, 9.17) is 4.74 Å². The molecule has 2 heterocycles. The lowest BCUT2D eigenvalue weighted by atomic mass is 10.00. The number of benzene rings is 1. The van der Waals surface area contributed by atoms with Gasteiger partial charge in [-0.2, -0.15) is 0 Å². The number of amides is 1. The molecule has 1 aliphatic rings. The molecule has 1 amide bonds. The van der Waals surface area contributed by atoms with Gasteiger partial charge in [-0.3, -0.25) is 4.79 Å². The van der Waals surface area contributed by atoms with E-state index in [-0.39, 0.29) is 11.9 Å². The number of carbonyl (C=O) groups excluding carboxylic acids is 2. The minimum absolute atomic E-state index is 0.0637. The summed E-state index contributed by atoms with van der Waals surface area (Å²) >= 11 is 1.43. The molecule has 5 nitrogen and oxygen atoms in total. The molecular weight excluding hydrogens is 348 g/mol. The molecule has 6 heteroatoms. The maximum Gasteiger partial charge on any atom is 0.341 e. The van der Waals surface area contributed by atoms with Crippen molar-refractivity contribution in [3.63, 3.8) is 0 Å². The SMILES string of the molecule is CCOC(=O)c1c(NC(=O)C[NH+]2CCc3ccccc3C2)sc(C)c1C. The second-order valence-electron chi connectivity index (χ2n) is 6.63. The number of quaternary nitrogens is 1. The third kappa shape index (κ3) is 3.97. The first-order valence-electron chi connectivity index (χ1n) is 8.97. The van der Waals surface area contributed by atoms with Crippen LogP contribution in [0.3, 0.4) is 0 Å². The number of fused-ring (bicyclic) bond motifs is 1. The lowest BCUT2D eigenvalue weighted by Crippen LogP contribution is -3.12. The number of anilines is 1. The lowest BCUT2D eigenvalue weighted by Gasteiger charge is -2.25. The Hall–Kier alpha value is -2.18. The highest BCUT2D eigenvalue weighted by molar-refractivity contribution is 7.16. The molecule has 1 aromatic heterocycles. The number of esters is 1. The van der Waals surface area contributed by atoms with Gasteiger partial charge in [0, 0.05) is 16.9 Å². The Bertz CT molecular complexity index is 828. The summed E-state index contributed by atoms with van der Waals surface area (Å²) in [5.41, 5.74) is 4.06. The first-order chi connectivity index (χ1) is 12.5. The second kappa shape index (κ2) is 8.01. The number of aryl methyl sites for hydroxylation is 1. The van der Waals surface area contributed by atoms with Crippen molar-refractivity contribution in [2.75, 3.05) is 25.0 Å². The molecule has 0 spiro atoms. The largest absolute Gasteiger partial charge is 0.462 e. The summed E-state index contributed by atoms with van der Waals surface area (Å²) in [6.07, 6.45) is 0.990. The molecule has 1 atom stereocenters. The number of hydrogen-bond acceptors (Lipinski definition) is 4. The summed E-state index contributed by atoms with van der Waals surface area (Å²) in [4.78, 5) is 27.1.